The molecule has 2 aromatic heterocycles. The normalized spacial score (nSPS) is 11.7. The van der Waals surface area contributed by atoms with Crippen LogP contribution in [0.5, 0.6) is 0 Å². The lowest BCUT2D eigenvalue weighted by molar-refractivity contribution is -0.131. The number of thiophene rings is 1. The lowest BCUT2D eigenvalue weighted by Gasteiger charge is -2.22. The average molecular weight is 421 g/mol. The molecule has 28 heavy (non-hydrogen) atoms. The number of hydrogen-bond donors (Lipinski definition) is 0. The highest BCUT2D eigenvalue weighted by atomic mass is 32.2. The number of rotatable bonds is 8. The molecule has 0 radical (unpaired) electrons. The molecule has 3 aromatic rings. The molecule has 10 heteroatoms. The molecule has 0 fully saturated rings. The van der Waals surface area contributed by atoms with Gasteiger partial charge in [0.1, 0.15) is 0 Å². The molecule has 0 aliphatic carbocycles. The Labute approximate surface area is 167 Å². The third-order valence-corrected chi connectivity index (χ3v) is 6.05. The summed E-state index contributed by atoms with van der Waals surface area (Å²) in [5.74, 6) is 0.387. The van der Waals surface area contributed by atoms with Gasteiger partial charge in [-0.3, -0.25) is 4.79 Å². The van der Waals surface area contributed by atoms with Gasteiger partial charge in [-0.1, -0.05) is 41.6 Å². The molecule has 0 aliphatic heterocycles. The Morgan fingerprint density at radius 3 is 2.54 bits per heavy atom. The molecule has 1 aromatic carbocycles. The van der Waals surface area contributed by atoms with Gasteiger partial charge in [-0.05, 0) is 17.0 Å². The summed E-state index contributed by atoms with van der Waals surface area (Å²) < 4.78 is 30.5. The standard InChI is InChI=1S/C18H20N4O4S2/c1-21(12-16-19-18(20-26-16)15-9-6-10-27-15)17(23)13-22(28(2,24)25)11-14-7-4-3-5-8-14/h3-10H,11-13H2,1-2H3. The molecule has 0 N–H and O–H groups in total. The highest BCUT2D eigenvalue weighted by Crippen LogP contribution is 2.21. The summed E-state index contributed by atoms with van der Waals surface area (Å²) in [5, 5.41) is 5.82. The molecule has 2 heterocycles. The van der Waals surface area contributed by atoms with Crippen molar-refractivity contribution in [3.8, 4) is 10.7 Å². The van der Waals surface area contributed by atoms with Crippen LogP contribution < -0.4 is 0 Å². The zero-order valence-corrected chi connectivity index (χ0v) is 17.1. The van der Waals surface area contributed by atoms with Crippen LogP contribution in [0.3, 0.4) is 0 Å². The van der Waals surface area contributed by atoms with Crippen LogP contribution in [0.15, 0.2) is 52.4 Å². The van der Waals surface area contributed by atoms with E-state index in [1.807, 2.05) is 47.8 Å². The van der Waals surface area contributed by atoms with Crippen molar-refractivity contribution >= 4 is 27.3 Å². The summed E-state index contributed by atoms with van der Waals surface area (Å²) >= 11 is 1.49. The van der Waals surface area contributed by atoms with Crippen molar-refractivity contribution in [1.82, 2.24) is 19.3 Å². The maximum atomic E-state index is 12.6. The molecule has 0 unspecified atom stereocenters. The maximum Gasteiger partial charge on any atom is 0.246 e. The van der Waals surface area contributed by atoms with Crippen LogP contribution in [-0.2, 0) is 27.9 Å². The van der Waals surface area contributed by atoms with Gasteiger partial charge in [-0.25, -0.2) is 8.42 Å². The number of sulfonamides is 1. The van der Waals surface area contributed by atoms with Crippen molar-refractivity contribution in [3.05, 3.63) is 59.3 Å². The second-order valence-electron chi connectivity index (χ2n) is 6.26. The Kier molecular flexibility index (Phi) is 6.22. The van der Waals surface area contributed by atoms with E-state index in [0.717, 1.165) is 21.0 Å². The fourth-order valence-corrected chi connectivity index (χ4v) is 3.84. The monoisotopic (exact) mass is 420 g/mol. The number of carbonyl (C=O) groups excluding carboxylic acids is 1. The van der Waals surface area contributed by atoms with Crippen molar-refractivity contribution in [2.75, 3.05) is 19.8 Å². The summed E-state index contributed by atoms with van der Waals surface area (Å²) in [5.41, 5.74) is 0.806. The van der Waals surface area contributed by atoms with Crippen molar-refractivity contribution < 1.29 is 17.7 Å². The van der Waals surface area contributed by atoms with E-state index in [1.54, 1.807) is 7.05 Å². The van der Waals surface area contributed by atoms with Gasteiger partial charge in [0.25, 0.3) is 0 Å². The van der Waals surface area contributed by atoms with Gasteiger partial charge >= 0.3 is 0 Å². The van der Waals surface area contributed by atoms with Crippen molar-refractivity contribution in [1.29, 1.82) is 0 Å². The van der Waals surface area contributed by atoms with E-state index in [4.69, 9.17) is 4.52 Å². The van der Waals surface area contributed by atoms with E-state index in [9.17, 15) is 13.2 Å². The van der Waals surface area contributed by atoms with Gasteiger partial charge in [0.2, 0.25) is 27.6 Å². The fourth-order valence-electron chi connectivity index (χ4n) is 2.47. The molecule has 0 spiro atoms. The van der Waals surface area contributed by atoms with E-state index in [0.29, 0.717) is 5.82 Å². The Hall–Kier alpha value is -2.56. The topological polar surface area (TPSA) is 96.6 Å². The predicted molar refractivity (Wildman–Crippen MR) is 106 cm³/mol. The molecule has 0 saturated carbocycles. The summed E-state index contributed by atoms with van der Waals surface area (Å²) in [6.07, 6.45) is 1.09. The first kappa shape index (κ1) is 20.2. The first-order valence-electron chi connectivity index (χ1n) is 8.42. The summed E-state index contributed by atoms with van der Waals surface area (Å²) in [4.78, 5) is 19.1. The Bertz CT molecular complexity index is 1020. The van der Waals surface area contributed by atoms with E-state index >= 15 is 0 Å². The van der Waals surface area contributed by atoms with E-state index in [-0.39, 0.29) is 31.4 Å². The van der Waals surface area contributed by atoms with E-state index in [2.05, 4.69) is 10.1 Å². The van der Waals surface area contributed by atoms with Crippen LogP contribution in [0.1, 0.15) is 11.5 Å². The average Bonchev–Trinajstić information content (AvgIpc) is 3.32. The number of nitrogens with zero attached hydrogens (tertiary/aromatic N) is 4. The van der Waals surface area contributed by atoms with Crippen LogP contribution in [0.4, 0.5) is 0 Å². The van der Waals surface area contributed by atoms with Gasteiger partial charge in [0.15, 0.2) is 0 Å². The molecule has 0 atom stereocenters. The third-order valence-electron chi connectivity index (χ3n) is 3.99. The minimum absolute atomic E-state index is 0.0974. The highest BCUT2D eigenvalue weighted by molar-refractivity contribution is 7.88. The molecule has 0 bridgehead atoms. The van der Waals surface area contributed by atoms with Crippen LogP contribution >= 0.6 is 11.3 Å². The quantitative estimate of drug-likeness (QED) is 0.554. The molecule has 8 nitrogen and oxygen atoms in total. The van der Waals surface area contributed by atoms with Gasteiger partial charge in [-0.15, -0.1) is 11.3 Å². The summed E-state index contributed by atoms with van der Waals surface area (Å²) in [7, 11) is -1.98. The Balaban J connectivity index is 1.64. The smallest absolute Gasteiger partial charge is 0.246 e. The molecule has 3 rings (SSSR count). The van der Waals surface area contributed by atoms with Crippen LogP contribution in [-0.4, -0.2) is 53.5 Å². The van der Waals surface area contributed by atoms with E-state index in [1.165, 1.54) is 16.2 Å². The second-order valence-corrected chi connectivity index (χ2v) is 9.19. The second kappa shape index (κ2) is 8.63. The minimum atomic E-state index is -3.55. The lowest BCUT2D eigenvalue weighted by atomic mass is 10.2. The van der Waals surface area contributed by atoms with Crippen LogP contribution in [0, 0.1) is 0 Å². The predicted octanol–water partition coefficient (Wildman–Crippen LogP) is 2.22. The number of aromatic nitrogens is 2. The van der Waals surface area contributed by atoms with Crippen molar-refractivity contribution in [3.63, 3.8) is 0 Å². The summed E-state index contributed by atoms with van der Waals surface area (Å²) in [6, 6.07) is 12.9. The van der Waals surface area contributed by atoms with Gasteiger partial charge in [0, 0.05) is 13.6 Å². The zero-order chi connectivity index (χ0) is 20.1. The SMILES string of the molecule is CN(Cc1nc(-c2cccs2)no1)C(=O)CN(Cc1ccccc1)S(C)(=O)=O. The van der Waals surface area contributed by atoms with Crippen molar-refractivity contribution in [2.45, 2.75) is 13.1 Å². The first-order valence-corrected chi connectivity index (χ1v) is 11.1. The summed E-state index contributed by atoms with van der Waals surface area (Å²) in [6.45, 7) is -0.0430. The molecule has 1 amide bonds. The minimum Gasteiger partial charge on any atom is -0.337 e. The van der Waals surface area contributed by atoms with E-state index < -0.39 is 10.0 Å². The maximum absolute atomic E-state index is 12.6. The zero-order valence-electron chi connectivity index (χ0n) is 15.5. The first-order chi connectivity index (χ1) is 13.3. The fraction of sp³-hybridized carbons (Fsp3) is 0.278. The lowest BCUT2D eigenvalue weighted by Crippen LogP contribution is -2.40. The van der Waals surface area contributed by atoms with Gasteiger partial charge < -0.3 is 9.42 Å². The molecule has 0 saturated heterocycles. The number of likely N-dealkylation sites (N-methyl/N-ethyl adjacent to an activating group) is 1. The number of benzene rings is 1. The molecular weight excluding hydrogens is 400 g/mol. The Morgan fingerprint density at radius 1 is 1.14 bits per heavy atom. The molecular formula is C18H20N4O4S2. The van der Waals surface area contributed by atoms with Crippen LogP contribution in [0.2, 0.25) is 0 Å². The molecule has 148 valence electrons. The number of carbonyl (C=O) groups is 1. The van der Waals surface area contributed by atoms with Gasteiger partial charge in [0.05, 0.1) is 24.2 Å². The third kappa shape index (κ3) is 5.24. The largest absolute Gasteiger partial charge is 0.337 e. The highest BCUT2D eigenvalue weighted by Gasteiger charge is 2.23. The van der Waals surface area contributed by atoms with Gasteiger partial charge in [-0.2, -0.15) is 9.29 Å². The Morgan fingerprint density at radius 2 is 1.89 bits per heavy atom. The number of hydrogen-bond acceptors (Lipinski definition) is 7. The molecule has 0 aliphatic rings. The van der Waals surface area contributed by atoms with Crippen molar-refractivity contribution in [2.24, 2.45) is 0 Å². The van der Waals surface area contributed by atoms with Crippen LogP contribution in [0.25, 0.3) is 10.7 Å². The number of amides is 1.